The lowest BCUT2D eigenvalue weighted by atomic mass is 10.3. The van der Waals surface area contributed by atoms with Gasteiger partial charge < -0.3 is 4.74 Å². The van der Waals surface area contributed by atoms with Gasteiger partial charge in [-0.05, 0) is 12.1 Å². The largest absolute Gasteiger partial charge is 0.491 e. The Morgan fingerprint density at radius 1 is 1.23 bits per heavy atom. The summed E-state index contributed by atoms with van der Waals surface area (Å²) in [5.74, 6) is 0.717. The number of ether oxygens (including phenoxy) is 1. The SMILES string of the molecule is O=S(O)OCCOc1ccccc1. The molecular formula is C8H10O4S. The maximum Gasteiger partial charge on any atom is 0.302 e. The summed E-state index contributed by atoms with van der Waals surface area (Å²) in [5, 5.41) is 0. The van der Waals surface area contributed by atoms with Gasteiger partial charge in [0.1, 0.15) is 19.0 Å². The molecule has 0 aliphatic rings. The molecule has 0 radical (unpaired) electrons. The third-order valence-corrected chi connectivity index (χ3v) is 1.65. The molecule has 0 aromatic heterocycles. The van der Waals surface area contributed by atoms with Crippen LogP contribution in [0.1, 0.15) is 0 Å². The van der Waals surface area contributed by atoms with Gasteiger partial charge in [0.2, 0.25) is 0 Å². The van der Waals surface area contributed by atoms with Crippen LogP contribution in [0.25, 0.3) is 0 Å². The summed E-state index contributed by atoms with van der Waals surface area (Å²) < 4.78 is 27.8. The molecule has 4 nitrogen and oxygen atoms in total. The maximum atomic E-state index is 10.0. The van der Waals surface area contributed by atoms with Gasteiger partial charge >= 0.3 is 11.4 Å². The molecule has 1 unspecified atom stereocenters. The van der Waals surface area contributed by atoms with Crippen molar-refractivity contribution in [1.29, 1.82) is 0 Å². The molecule has 0 bridgehead atoms. The molecule has 0 fully saturated rings. The van der Waals surface area contributed by atoms with E-state index in [4.69, 9.17) is 9.29 Å². The number of hydrogen-bond acceptors (Lipinski definition) is 3. The van der Waals surface area contributed by atoms with E-state index in [2.05, 4.69) is 4.18 Å². The van der Waals surface area contributed by atoms with Crippen molar-refractivity contribution in [2.24, 2.45) is 0 Å². The Morgan fingerprint density at radius 3 is 2.54 bits per heavy atom. The molecule has 0 aliphatic carbocycles. The number of benzene rings is 1. The molecule has 0 amide bonds. The summed E-state index contributed by atoms with van der Waals surface area (Å²) in [6.45, 7) is 0.355. The van der Waals surface area contributed by atoms with E-state index in [1.165, 1.54) is 0 Å². The van der Waals surface area contributed by atoms with Gasteiger partial charge in [0.25, 0.3) is 0 Å². The molecule has 0 aliphatic heterocycles. The van der Waals surface area contributed by atoms with Gasteiger partial charge in [-0.3, -0.25) is 8.74 Å². The minimum atomic E-state index is -2.20. The van der Waals surface area contributed by atoms with E-state index in [1.807, 2.05) is 18.2 Å². The summed E-state index contributed by atoms with van der Waals surface area (Å²) in [4.78, 5) is 0. The van der Waals surface area contributed by atoms with Crippen LogP contribution in [0, 0.1) is 0 Å². The molecule has 0 saturated heterocycles. The molecule has 0 heterocycles. The average Bonchev–Trinajstić information content (AvgIpc) is 2.14. The van der Waals surface area contributed by atoms with E-state index < -0.39 is 11.4 Å². The zero-order chi connectivity index (χ0) is 9.52. The number of rotatable bonds is 5. The molecule has 1 aromatic carbocycles. The van der Waals surface area contributed by atoms with Crippen molar-refractivity contribution in [2.75, 3.05) is 13.2 Å². The summed E-state index contributed by atoms with van der Waals surface area (Å²) in [5.41, 5.74) is 0. The van der Waals surface area contributed by atoms with E-state index in [-0.39, 0.29) is 13.2 Å². The first-order valence-electron chi connectivity index (χ1n) is 3.71. The second kappa shape index (κ2) is 5.69. The highest BCUT2D eigenvalue weighted by atomic mass is 32.2. The fraction of sp³-hybridized carbons (Fsp3) is 0.250. The highest BCUT2D eigenvalue weighted by Gasteiger charge is 1.94. The molecule has 1 N–H and O–H groups in total. The van der Waals surface area contributed by atoms with Crippen LogP contribution < -0.4 is 4.74 Å². The van der Waals surface area contributed by atoms with E-state index >= 15 is 0 Å². The first-order valence-corrected chi connectivity index (χ1v) is 4.74. The van der Waals surface area contributed by atoms with Gasteiger partial charge in [-0.15, -0.1) is 0 Å². The third kappa shape index (κ3) is 4.62. The highest BCUT2D eigenvalue weighted by Crippen LogP contribution is 2.07. The molecule has 72 valence electrons. The predicted octanol–water partition coefficient (Wildman–Crippen LogP) is 1.22. The van der Waals surface area contributed by atoms with Gasteiger partial charge in [0, 0.05) is 0 Å². The monoisotopic (exact) mass is 202 g/mol. The predicted molar refractivity (Wildman–Crippen MR) is 48.7 cm³/mol. The van der Waals surface area contributed by atoms with Crippen molar-refractivity contribution in [1.82, 2.24) is 0 Å². The summed E-state index contributed by atoms with van der Waals surface area (Å²) in [6, 6.07) is 9.18. The van der Waals surface area contributed by atoms with E-state index in [0.29, 0.717) is 0 Å². The Bertz CT molecular complexity index is 262. The fourth-order valence-corrected chi connectivity index (χ4v) is 0.992. The molecule has 1 aromatic rings. The van der Waals surface area contributed by atoms with Gasteiger partial charge in [-0.1, -0.05) is 18.2 Å². The van der Waals surface area contributed by atoms with E-state index in [0.717, 1.165) is 5.75 Å². The normalized spacial score (nSPS) is 12.4. The topological polar surface area (TPSA) is 55.8 Å². The fourth-order valence-electron chi connectivity index (χ4n) is 0.782. The third-order valence-electron chi connectivity index (χ3n) is 1.28. The Kier molecular flexibility index (Phi) is 4.45. The smallest absolute Gasteiger partial charge is 0.302 e. The maximum absolute atomic E-state index is 10.0. The Labute approximate surface area is 79.0 Å². The van der Waals surface area contributed by atoms with Crippen molar-refractivity contribution < 1.29 is 17.7 Å². The van der Waals surface area contributed by atoms with Crippen molar-refractivity contribution >= 4 is 11.4 Å². The highest BCUT2D eigenvalue weighted by molar-refractivity contribution is 7.74. The lowest BCUT2D eigenvalue weighted by Crippen LogP contribution is -2.07. The first kappa shape index (κ1) is 10.2. The van der Waals surface area contributed by atoms with Crippen molar-refractivity contribution in [3.05, 3.63) is 30.3 Å². The Balaban J connectivity index is 2.17. The van der Waals surface area contributed by atoms with Crippen LogP contribution >= 0.6 is 0 Å². The van der Waals surface area contributed by atoms with Crippen LogP contribution in [0.15, 0.2) is 30.3 Å². The first-order chi connectivity index (χ1) is 6.29. The lowest BCUT2D eigenvalue weighted by Gasteiger charge is -2.03. The molecule has 0 spiro atoms. The lowest BCUT2D eigenvalue weighted by molar-refractivity contribution is 0.217. The Morgan fingerprint density at radius 2 is 1.92 bits per heavy atom. The standard InChI is InChI=1S/C8H10O4S/c9-13(10)12-7-6-11-8-4-2-1-3-5-8/h1-5H,6-7H2,(H,9,10). The summed E-state index contributed by atoms with van der Waals surface area (Å²) in [6.07, 6.45) is 0. The minimum absolute atomic E-state index is 0.0952. The van der Waals surface area contributed by atoms with Crippen LogP contribution in [0.3, 0.4) is 0 Å². The van der Waals surface area contributed by atoms with Gasteiger partial charge in [0.05, 0.1) is 0 Å². The van der Waals surface area contributed by atoms with Crippen LogP contribution in [-0.4, -0.2) is 22.0 Å². The minimum Gasteiger partial charge on any atom is -0.491 e. The molecule has 1 atom stereocenters. The molecule has 13 heavy (non-hydrogen) atoms. The van der Waals surface area contributed by atoms with E-state index in [9.17, 15) is 4.21 Å². The molecule has 1 rings (SSSR count). The van der Waals surface area contributed by atoms with Gasteiger partial charge in [-0.25, -0.2) is 0 Å². The number of para-hydroxylation sites is 1. The van der Waals surface area contributed by atoms with Crippen molar-refractivity contribution in [3.8, 4) is 5.75 Å². The molecular weight excluding hydrogens is 192 g/mol. The zero-order valence-electron chi connectivity index (χ0n) is 6.88. The van der Waals surface area contributed by atoms with Crippen LogP contribution in [0.5, 0.6) is 5.75 Å². The zero-order valence-corrected chi connectivity index (χ0v) is 7.70. The quantitative estimate of drug-likeness (QED) is 0.576. The van der Waals surface area contributed by atoms with Crippen LogP contribution in [0.4, 0.5) is 0 Å². The van der Waals surface area contributed by atoms with Crippen molar-refractivity contribution in [2.45, 2.75) is 0 Å². The second-order valence-corrected chi connectivity index (χ2v) is 2.87. The van der Waals surface area contributed by atoms with Crippen LogP contribution in [-0.2, 0) is 15.5 Å². The van der Waals surface area contributed by atoms with E-state index in [1.54, 1.807) is 12.1 Å². The van der Waals surface area contributed by atoms with Crippen molar-refractivity contribution in [3.63, 3.8) is 0 Å². The van der Waals surface area contributed by atoms with Crippen LogP contribution in [0.2, 0.25) is 0 Å². The summed E-state index contributed by atoms with van der Waals surface area (Å²) in [7, 11) is 0. The molecule has 0 saturated carbocycles. The average molecular weight is 202 g/mol. The number of hydrogen-bond donors (Lipinski definition) is 1. The van der Waals surface area contributed by atoms with Gasteiger partial charge in [-0.2, -0.15) is 4.21 Å². The molecule has 5 heteroatoms. The van der Waals surface area contributed by atoms with Gasteiger partial charge in [0.15, 0.2) is 0 Å². The Hall–Kier alpha value is -0.910. The second-order valence-electron chi connectivity index (χ2n) is 2.20. The summed E-state index contributed by atoms with van der Waals surface area (Å²) >= 11 is -2.20.